The molecule has 0 aliphatic carbocycles. The average molecular weight is 225 g/mol. The van der Waals surface area contributed by atoms with Crippen molar-refractivity contribution < 1.29 is 9.60 Å². The predicted octanol–water partition coefficient (Wildman–Crippen LogP) is 1.77. The third-order valence-electron chi connectivity index (χ3n) is 2.46. The van der Waals surface area contributed by atoms with Gasteiger partial charge < -0.3 is 15.8 Å². The number of amidine groups is 1. The molecule has 0 bridgehead atoms. The quantitative estimate of drug-likeness (QED) is 0.355. The predicted molar refractivity (Wildman–Crippen MR) is 62.5 cm³/mol. The number of rotatable bonds is 4. The van der Waals surface area contributed by atoms with Crippen LogP contribution in [0.3, 0.4) is 0 Å². The van der Waals surface area contributed by atoms with Gasteiger partial charge in [0, 0.05) is 13.1 Å². The van der Waals surface area contributed by atoms with Crippen molar-refractivity contribution in [2.24, 2.45) is 10.9 Å². The smallest absolute Gasteiger partial charge is 0.175 e. The maximum atomic E-state index is 13.6. The Labute approximate surface area is 94.2 Å². The zero-order chi connectivity index (χ0) is 12.1. The lowest BCUT2D eigenvalue weighted by Crippen LogP contribution is -2.27. The third-order valence-corrected chi connectivity index (χ3v) is 2.46. The van der Waals surface area contributed by atoms with Gasteiger partial charge in [-0.25, -0.2) is 4.39 Å². The van der Waals surface area contributed by atoms with E-state index in [2.05, 4.69) is 5.16 Å². The second-order valence-electron chi connectivity index (χ2n) is 3.29. The van der Waals surface area contributed by atoms with Crippen LogP contribution in [0.5, 0.6) is 0 Å². The van der Waals surface area contributed by atoms with Gasteiger partial charge in [0.1, 0.15) is 5.82 Å². The molecule has 1 rings (SSSR count). The Morgan fingerprint density at radius 3 is 2.56 bits per heavy atom. The fourth-order valence-electron chi connectivity index (χ4n) is 1.64. The van der Waals surface area contributed by atoms with Gasteiger partial charge in [-0.2, -0.15) is 0 Å². The van der Waals surface area contributed by atoms with Gasteiger partial charge in [-0.15, -0.1) is 0 Å². The van der Waals surface area contributed by atoms with Crippen LogP contribution in [-0.4, -0.2) is 24.1 Å². The van der Waals surface area contributed by atoms with Crippen LogP contribution in [0.4, 0.5) is 10.1 Å². The van der Waals surface area contributed by atoms with Gasteiger partial charge in [-0.05, 0) is 26.0 Å². The molecule has 0 saturated heterocycles. The van der Waals surface area contributed by atoms with Crippen LogP contribution in [0.15, 0.2) is 23.4 Å². The summed E-state index contributed by atoms with van der Waals surface area (Å²) in [7, 11) is 0. The van der Waals surface area contributed by atoms with Crippen molar-refractivity contribution >= 4 is 11.5 Å². The zero-order valence-electron chi connectivity index (χ0n) is 9.44. The maximum absolute atomic E-state index is 13.6. The Balaban J connectivity index is 3.33. The second kappa shape index (κ2) is 5.34. The van der Waals surface area contributed by atoms with E-state index in [9.17, 15) is 4.39 Å². The number of hydrogen-bond donors (Lipinski definition) is 2. The number of nitrogens with two attached hydrogens (primary N) is 1. The van der Waals surface area contributed by atoms with Crippen molar-refractivity contribution in [3.63, 3.8) is 0 Å². The fraction of sp³-hybridized carbons (Fsp3) is 0.364. The van der Waals surface area contributed by atoms with Crippen molar-refractivity contribution in [2.75, 3.05) is 18.0 Å². The number of anilines is 1. The van der Waals surface area contributed by atoms with E-state index in [1.54, 1.807) is 12.1 Å². The van der Waals surface area contributed by atoms with Crippen molar-refractivity contribution in [3.05, 3.63) is 29.6 Å². The topological polar surface area (TPSA) is 61.8 Å². The van der Waals surface area contributed by atoms with Gasteiger partial charge >= 0.3 is 0 Å². The molecule has 0 aromatic heterocycles. The average Bonchev–Trinajstić information content (AvgIpc) is 2.30. The lowest BCUT2D eigenvalue weighted by molar-refractivity contribution is 0.318. The fourth-order valence-corrected chi connectivity index (χ4v) is 1.64. The van der Waals surface area contributed by atoms with Crippen LogP contribution < -0.4 is 10.6 Å². The normalized spacial score (nSPS) is 11.6. The molecule has 0 unspecified atom stereocenters. The summed E-state index contributed by atoms with van der Waals surface area (Å²) in [5, 5.41) is 11.5. The van der Waals surface area contributed by atoms with Crippen LogP contribution in [0, 0.1) is 5.82 Å². The van der Waals surface area contributed by atoms with E-state index in [-0.39, 0.29) is 11.4 Å². The molecule has 0 aliphatic rings. The van der Waals surface area contributed by atoms with Crippen molar-refractivity contribution in [2.45, 2.75) is 13.8 Å². The Kier molecular flexibility index (Phi) is 4.10. The molecule has 0 aliphatic heterocycles. The third kappa shape index (κ3) is 2.24. The molecule has 1 aromatic rings. The first-order chi connectivity index (χ1) is 7.65. The van der Waals surface area contributed by atoms with Gasteiger partial charge in [-0.3, -0.25) is 0 Å². The first-order valence-corrected chi connectivity index (χ1v) is 5.17. The Morgan fingerprint density at radius 1 is 1.44 bits per heavy atom. The van der Waals surface area contributed by atoms with Crippen LogP contribution >= 0.6 is 0 Å². The Hall–Kier alpha value is -1.78. The van der Waals surface area contributed by atoms with Crippen molar-refractivity contribution in [3.8, 4) is 0 Å². The number of halogens is 1. The summed E-state index contributed by atoms with van der Waals surface area (Å²) in [6.45, 7) is 5.38. The molecule has 4 nitrogen and oxygen atoms in total. The summed E-state index contributed by atoms with van der Waals surface area (Å²) in [4.78, 5) is 1.94. The standard InChI is InChI=1S/C11H16FN3O/c1-3-15(4-2)9-7-5-6-8(12)10(9)11(13)14-16/h5-7,16H,3-4H2,1-2H3,(H2,13,14). The largest absolute Gasteiger partial charge is 0.409 e. The first kappa shape index (κ1) is 12.3. The maximum Gasteiger partial charge on any atom is 0.175 e. The zero-order valence-corrected chi connectivity index (χ0v) is 9.44. The van der Waals surface area contributed by atoms with Gasteiger partial charge in [0.2, 0.25) is 0 Å². The lowest BCUT2D eigenvalue weighted by atomic mass is 10.1. The monoisotopic (exact) mass is 225 g/mol. The molecule has 1 aromatic carbocycles. The highest BCUT2D eigenvalue weighted by atomic mass is 19.1. The first-order valence-electron chi connectivity index (χ1n) is 5.17. The summed E-state index contributed by atoms with van der Waals surface area (Å²) in [6.07, 6.45) is 0. The molecule has 0 radical (unpaired) electrons. The molecule has 0 atom stereocenters. The van der Waals surface area contributed by atoms with E-state index >= 15 is 0 Å². The van der Waals surface area contributed by atoms with Gasteiger partial charge in [0.05, 0.1) is 11.3 Å². The number of hydrogen-bond acceptors (Lipinski definition) is 3. The molecule has 0 fully saturated rings. The summed E-state index contributed by atoms with van der Waals surface area (Å²) >= 11 is 0. The highest BCUT2D eigenvalue weighted by molar-refractivity contribution is 6.02. The van der Waals surface area contributed by atoms with Crippen LogP contribution in [0.25, 0.3) is 0 Å². The molecule has 16 heavy (non-hydrogen) atoms. The van der Waals surface area contributed by atoms with Crippen molar-refractivity contribution in [1.82, 2.24) is 0 Å². The number of oxime groups is 1. The molecule has 3 N–H and O–H groups in total. The molecule has 0 heterocycles. The van der Waals surface area contributed by atoms with Crippen LogP contribution in [0.2, 0.25) is 0 Å². The van der Waals surface area contributed by atoms with Crippen LogP contribution in [0.1, 0.15) is 19.4 Å². The molecule has 5 heteroatoms. The summed E-state index contributed by atoms with van der Waals surface area (Å²) in [5.74, 6) is -0.695. The number of nitrogens with zero attached hydrogens (tertiary/aromatic N) is 2. The van der Waals surface area contributed by atoms with Gasteiger partial charge in [0.25, 0.3) is 0 Å². The summed E-state index contributed by atoms with van der Waals surface area (Å²) < 4.78 is 13.6. The second-order valence-corrected chi connectivity index (χ2v) is 3.29. The SMILES string of the molecule is CCN(CC)c1cccc(F)c1C(N)=NO. The number of benzene rings is 1. The Morgan fingerprint density at radius 2 is 2.06 bits per heavy atom. The molecule has 0 amide bonds. The van der Waals surface area contributed by atoms with E-state index in [0.29, 0.717) is 5.69 Å². The molecule has 0 spiro atoms. The molecule has 0 saturated carbocycles. The summed E-state index contributed by atoms with van der Waals surface area (Å²) in [6, 6.07) is 4.65. The minimum absolute atomic E-state index is 0.147. The minimum atomic E-state index is -0.486. The van der Waals surface area contributed by atoms with E-state index < -0.39 is 5.82 Å². The van der Waals surface area contributed by atoms with Crippen LogP contribution in [-0.2, 0) is 0 Å². The highest BCUT2D eigenvalue weighted by Crippen LogP contribution is 2.22. The summed E-state index contributed by atoms with van der Waals surface area (Å²) in [5.41, 5.74) is 6.26. The minimum Gasteiger partial charge on any atom is -0.409 e. The Bertz CT molecular complexity index is 389. The van der Waals surface area contributed by atoms with E-state index in [1.807, 2.05) is 18.7 Å². The van der Waals surface area contributed by atoms with E-state index in [0.717, 1.165) is 13.1 Å². The molecular formula is C11H16FN3O. The van der Waals surface area contributed by atoms with Crippen molar-refractivity contribution in [1.29, 1.82) is 0 Å². The van der Waals surface area contributed by atoms with Gasteiger partial charge in [0.15, 0.2) is 5.84 Å². The highest BCUT2D eigenvalue weighted by Gasteiger charge is 2.16. The molecule has 88 valence electrons. The van der Waals surface area contributed by atoms with Gasteiger partial charge in [-0.1, -0.05) is 11.2 Å². The molecular weight excluding hydrogens is 209 g/mol. The van der Waals surface area contributed by atoms with E-state index in [4.69, 9.17) is 10.9 Å². The van der Waals surface area contributed by atoms with E-state index in [1.165, 1.54) is 6.07 Å². The lowest BCUT2D eigenvalue weighted by Gasteiger charge is -2.23.